The van der Waals surface area contributed by atoms with Crippen LogP contribution in [0.4, 0.5) is 5.69 Å². The Kier molecular flexibility index (Phi) is 4.04. The van der Waals surface area contributed by atoms with E-state index in [0.717, 1.165) is 55.5 Å². The van der Waals surface area contributed by atoms with E-state index in [1.807, 2.05) is 18.2 Å². The van der Waals surface area contributed by atoms with Crippen LogP contribution in [0.5, 0.6) is 0 Å². The number of nitrogens with zero attached hydrogens (tertiary/aromatic N) is 1. The lowest BCUT2D eigenvalue weighted by molar-refractivity contribution is 0.140. The van der Waals surface area contributed by atoms with Crippen LogP contribution in [0.25, 0.3) is 0 Å². The summed E-state index contributed by atoms with van der Waals surface area (Å²) >= 11 is 6.15. The van der Waals surface area contributed by atoms with E-state index in [2.05, 4.69) is 4.90 Å². The molecule has 0 bridgehead atoms. The molecule has 0 unspecified atom stereocenters. The highest BCUT2D eigenvalue weighted by atomic mass is 35.5. The Hall–Kier alpha value is -0.770. The summed E-state index contributed by atoms with van der Waals surface area (Å²) in [6, 6.07) is 5.67. The molecule has 1 heterocycles. The fourth-order valence-corrected chi connectivity index (χ4v) is 2.16. The molecule has 1 aliphatic rings. The van der Waals surface area contributed by atoms with Gasteiger partial charge in [-0.2, -0.15) is 0 Å². The summed E-state index contributed by atoms with van der Waals surface area (Å²) in [5.41, 5.74) is 7.74. The summed E-state index contributed by atoms with van der Waals surface area (Å²) < 4.78 is 5.42. The average molecular weight is 241 g/mol. The molecule has 3 nitrogen and oxygen atoms in total. The predicted octanol–water partition coefficient (Wildman–Crippen LogP) is 2.14. The summed E-state index contributed by atoms with van der Waals surface area (Å²) in [5, 5.41) is 0.755. The Morgan fingerprint density at radius 1 is 1.31 bits per heavy atom. The van der Waals surface area contributed by atoms with Crippen LogP contribution in [0, 0.1) is 0 Å². The van der Waals surface area contributed by atoms with E-state index < -0.39 is 0 Å². The van der Waals surface area contributed by atoms with E-state index in [4.69, 9.17) is 22.1 Å². The molecular formula is C12H17ClN2O. The Balaban J connectivity index is 2.07. The largest absolute Gasteiger partial charge is 0.398 e. The fraction of sp³-hybridized carbons (Fsp3) is 0.500. The van der Waals surface area contributed by atoms with Crippen molar-refractivity contribution >= 4 is 17.3 Å². The topological polar surface area (TPSA) is 38.5 Å². The van der Waals surface area contributed by atoms with Gasteiger partial charge in [0.15, 0.2) is 0 Å². The van der Waals surface area contributed by atoms with Crippen molar-refractivity contribution < 1.29 is 4.74 Å². The highest BCUT2D eigenvalue weighted by Gasteiger charge is 2.12. The maximum atomic E-state index is 6.15. The van der Waals surface area contributed by atoms with Gasteiger partial charge in [0.25, 0.3) is 0 Å². The first kappa shape index (κ1) is 11.7. The monoisotopic (exact) mass is 240 g/mol. The Morgan fingerprint density at radius 2 is 2.19 bits per heavy atom. The number of hydrogen-bond donors (Lipinski definition) is 1. The molecule has 1 aromatic rings. The lowest BCUT2D eigenvalue weighted by Gasteiger charge is -2.20. The second-order valence-electron chi connectivity index (χ2n) is 4.05. The minimum Gasteiger partial charge on any atom is -0.398 e. The molecule has 0 radical (unpaired) electrons. The molecule has 2 N–H and O–H groups in total. The minimum atomic E-state index is 0.755. The van der Waals surface area contributed by atoms with Crippen molar-refractivity contribution in [2.24, 2.45) is 0 Å². The summed E-state index contributed by atoms with van der Waals surface area (Å²) in [6.45, 7) is 4.46. The van der Waals surface area contributed by atoms with E-state index in [1.54, 1.807) is 0 Å². The number of hydrogen-bond acceptors (Lipinski definition) is 3. The van der Waals surface area contributed by atoms with Crippen LogP contribution in [0.3, 0.4) is 0 Å². The van der Waals surface area contributed by atoms with E-state index in [-0.39, 0.29) is 0 Å². The van der Waals surface area contributed by atoms with Gasteiger partial charge in [0.05, 0.1) is 6.61 Å². The standard InChI is InChI=1S/C12H17ClN2O/c13-11-3-1-4-12(14)10(11)9-15-5-2-7-16-8-6-15/h1,3-4H,2,5-9,14H2. The van der Waals surface area contributed by atoms with Gasteiger partial charge >= 0.3 is 0 Å². The number of rotatable bonds is 2. The Labute approximate surface area is 101 Å². The smallest absolute Gasteiger partial charge is 0.0593 e. The third-order valence-corrected chi connectivity index (χ3v) is 3.21. The van der Waals surface area contributed by atoms with E-state index in [9.17, 15) is 0 Å². The Bertz CT molecular complexity index is 329. The molecule has 1 aliphatic heterocycles. The van der Waals surface area contributed by atoms with Crippen LogP contribution >= 0.6 is 11.6 Å². The molecule has 4 heteroatoms. The highest BCUT2D eigenvalue weighted by Crippen LogP contribution is 2.23. The van der Waals surface area contributed by atoms with Crippen molar-refractivity contribution in [2.75, 3.05) is 32.0 Å². The summed E-state index contributed by atoms with van der Waals surface area (Å²) in [7, 11) is 0. The van der Waals surface area contributed by atoms with Crippen LogP contribution in [0.15, 0.2) is 18.2 Å². The van der Waals surface area contributed by atoms with Gasteiger partial charge in [0.2, 0.25) is 0 Å². The highest BCUT2D eigenvalue weighted by molar-refractivity contribution is 6.31. The number of nitrogen functional groups attached to an aromatic ring is 1. The van der Waals surface area contributed by atoms with E-state index in [0.29, 0.717) is 0 Å². The second-order valence-corrected chi connectivity index (χ2v) is 4.46. The summed E-state index contributed by atoms with van der Waals surface area (Å²) in [4.78, 5) is 2.34. The van der Waals surface area contributed by atoms with Crippen LogP contribution in [-0.2, 0) is 11.3 Å². The van der Waals surface area contributed by atoms with Crippen molar-refractivity contribution in [2.45, 2.75) is 13.0 Å². The number of ether oxygens (including phenoxy) is 1. The van der Waals surface area contributed by atoms with E-state index in [1.165, 1.54) is 0 Å². The lowest BCUT2D eigenvalue weighted by Crippen LogP contribution is -2.26. The first-order valence-electron chi connectivity index (χ1n) is 5.60. The van der Waals surface area contributed by atoms with Crippen LogP contribution in [-0.4, -0.2) is 31.2 Å². The van der Waals surface area contributed by atoms with Crippen molar-refractivity contribution in [3.8, 4) is 0 Å². The molecule has 0 atom stereocenters. The molecule has 0 saturated carbocycles. The maximum absolute atomic E-state index is 6.15. The number of nitrogens with two attached hydrogens (primary N) is 1. The molecule has 0 aromatic heterocycles. The molecule has 16 heavy (non-hydrogen) atoms. The van der Waals surface area contributed by atoms with Gasteiger partial charge in [-0.1, -0.05) is 17.7 Å². The molecular weight excluding hydrogens is 224 g/mol. The first-order chi connectivity index (χ1) is 7.77. The average Bonchev–Trinajstić information content (AvgIpc) is 2.52. The van der Waals surface area contributed by atoms with Gasteiger partial charge in [-0.05, 0) is 18.6 Å². The number of halogens is 1. The third kappa shape index (κ3) is 2.88. The van der Waals surface area contributed by atoms with E-state index >= 15 is 0 Å². The van der Waals surface area contributed by atoms with Gasteiger partial charge in [0, 0.05) is 42.5 Å². The summed E-state index contributed by atoms with van der Waals surface area (Å²) in [5.74, 6) is 0. The molecule has 0 amide bonds. The molecule has 1 aromatic carbocycles. The van der Waals surface area contributed by atoms with Crippen molar-refractivity contribution in [1.29, 1.82) is 0 Å². The predicted molar refractivity (Wildman–Crippen MR) is 66.6 cm³/mol. The van der Waals surface area contributed by atoms with Crippen molar-refractivity contribution in [3.63, 3.8) is 0 Å². The summed E-state index contributed by atoms with van der Waals surface area (Å²) in [6.07, 6.45) is 1.07. The number of anilines is 1. The molecule has 88 valence electrons. The maximum Gasteiger partial charge on any atom is 0.0593 e. The number of benzene rings is 1. The van der Waals surface area contributed by atoms with Gasteiger partial charge in [-0.25, -0.2) is 0 Å². The van der Waals surface area contributed by atoms with Crippen LogP contribution < -0.4 is 5.73 Å². The van der Waals surface area contributed by atoms with Crippen LogP contribution in [0.1, 0.15) is 12.0 Å². The normalized spacial score (nSPS) is 18.3. The SMILES string of the molecule is Nc1cccc(Cl)c1CN1CCCOCC1. The molecule has 0 spiro atoms. The first-order valence-corrected chi connectivity index (χ1v) is 5.98. The zero-order valence-electron chi connectivity index (χ0n) is 9.29. The van der Waals surface area contributed by atoms with Gasteiger partial charge in [-0.3, -0.25) is 4.90 Å². The third-order valence-electron chi connectivity index (χ3n) is 2.85. The minimum absolute atomic E-state index is 0.755. The zero-order valence-corrected chi connectivity index (χ0v) is 10.0. The van der Waals surface area contributed by atoms with Gasteiger partial charge in [0.1, 0.15) is 0 Å². The van der Waals surface area contributed by atoms with Crippen molar-refractivity contribution in [1.82, 2.24) is 4.90 Å². The molecule has 0 aliphatic carbocycles. The molecule has 2 rings (SSSR count). The molecule has 1 fully saturated rings. The Morgan fingerprint density at radius 3 is 3.00 bits per heavy atom. The van der Waals surface area contributed by atoms with Gasteiger partial charge in [-0.15, -0.1) is 0 Å². The van der Waals surface area contributed by atoms with Crippen molar-refractivity contribution in [3.05, 3.63) is 28.8 Å². The van der Waals surface area contributed by atoms with Crippen LogP contribution in [0.2, 0.25) is 5.02 Å². The second kappa shape index (κ2) is 5.53. The zero-order chi connectivity index (χ0) is 11.4. The lowest BCUT2D eigenvalue weighted by atomic mass is 10.1. The fourth-order valence-electron chi connectivity index (χ4n) is 1.92. The molecule has 1 saturated heterocycles. The van der Waals surface area contributed by atoms with Gasteiger partial charge < -0.3 is 10.5 Å². The quantitative estimate of drug-likeness (QED) is 0.805.